The summed E-state index contributed by atoms with van der Waals surface area (Å²) < 4.78 is 0. The summed E-state index contributed by atoms with van der Waals surface area (Å²) in [4.78, 5) is 1.17. The molecule has 0 saturated carbocycles. The summed E-state index contributed by atoms with van der Waals surface area (Å²) in [6.07, 6.45) is 4.01. The quantitative estimate of drug-likeness (QED) is 0.727. The smallest absolute Gasteiger partial charge is 0.122 e. The van der Waals surface area contributed by atoms with Gasteiger partial charge < -0.3 is 5.11 Å². The number of hydrogen-bond acceptors (Lipinski definition) is 2. The van der Waals surface area contributed by atoms with Crippen LogP contribution in [0.2, 0.25) is 0 Å². The highest BCUT2D eigenvalue weighted by molar-refractivity contribution is 7.98. The summed E-state index contributed by atoms with van der Waals surface area (Å²) in [7, 11) is 0. The standard InChI is InChI=1S/C11H14OS/c1-8(2)6-9-7-10(13-3)4-5-11(9)12/h4-7,12H,1-3H3. The molecule has 70 valence electrons. The Morgan fingerprint density at radius 1 is 1.38 bits per heavy atom. The highest BCUT2D eigenvalue weighted by Crippen LogP contribution is 2.25. The Morgan fingerprint density at radius 3 is 2.62 bits per heavy atom. The van der Waals surface area contributed by atoms with Crippen LogP contribution in [0.15, 0.2) is 28.7 Å². The second-order valence-electron chi connectivity index (χ2n) is 3.15. The van der Waals surface area contributed by atoms with Crippen molar-refractivity contribution < 1.29 is 5.11 Å². The first-order valence-electron chi connectivity index (χ1n) is 4.15. The topological polar surface area (TPSA) is 20.2 Å². The third-order valence-electron chi connectivity index (χ3n) is 1.68. The van der Waals surface area contributed by atoms with Gasteiger partial charge in [0.1, 0.15) is 5.75 Å². The number of thioether (sulfide) groups is 1. The van der Waals surface area contributed by atoms with Crippen LogP contribution in [0.1, 0.15) is 19.4 Å². The fourth-order valence-corrected chi connectivity index (χ4v) is 1.54. The van der Waals surface area contributed by atoms with Gasteiger partial charge in [0.05, 0.1) is 0 Å². The van der Waals surface area contributed by atoms with Crippen LogP contribution in [-0.2, 0) is 0 Å². The van der Waals surface area contributed by atoms with Gasteiger partial charge in [-0.3, -0.25) is 0 Å². The Kier molecular flexibility index (Phi) is 3.43. The Bertz CT molecular complexity index is 325. The highest BCUT2D eigenvalue weighted by atomic mass is 32.2. The largest absolute Gasteiger partial charge is 0.507 e. The van der Waals surface area contributed by atoms with Crippen molar-refractivity contribution in [2.45, 2.75) is 18.7 Å². The predicted octanol–water partition coefficient (Wildman–Crippen LogP) is 3.54. The molecule has 2 heteroatoms. The molecule has 0 atom stereocenters. The van der Waals surface area contributed by atoms with Crippen molar-refractivity contribution in [2.75, 3.05) is 6.26 Å². The van der Waals surface area contributed by atoms with Crippen LogP contribution in [0.25, 0.3) is 6.08 Å². The van der Waals surface area contributed by atoms with E-state index in [2.05, 4.69) is 0 Å². The van der Waals surface area contributed by atoms with Crippen molar-refractivity contribution in [2.24, 2.45) is 0 Å². The van der Waals surface area contributed by atoms with E-state index in [1.165, 1.54) is 10.5 Å². The summed E-state index contributed by atoms with van der Waals surface area (Å²) in [6.45, 7) is 4.04. The van der Waals surface area contributed by atoms with Crippen molar-refractivity contribution in [1.29, 1.82) is 0 Å². The Hall–Kier alpha value is -0.890. The third-order valence-corrected chi connectivity index (χ3v) is 2.40. The summed E-state index contributed by atoms with van der Waals surface area (Å²) in [5.41, 5.74) is 2.08. The molecule has 0 radical (unpaired) electrons. The summed E-state index contributed by atoms with van der Waals surface area (Å²) >= 11 is 1.68. The van der Waals surface area contributed by atoms with Crippen LogP contribution < -0.4 is 0 Å². The zero-order chi connectivity index (χ0) is 9.84. The lowest BCUT2D eigenvalue weighted by atomic mass is 10.1. The Labute approximate surface area is 83.5 Å². The molecule has 0 aliphatic carbocycles. The number of phenols is 1. The molecule has 0 aliphatic heterocycles. The Balaban J connectivity index is 3.11. The molecule has 0 fully saturated rings. The molecule has 0 aromatic heterocycles. The monoisotopic (exact) mass is 194 g/mol. The number of benzene rings is 1. The van der Waals surface area contributed by atoms with E-state index in [-0.39, 0.29) is 0 Å². The van der Waals surface area contributed by atoms with E-state index < -0.39 is 0 Å². The van der Waals surface area contributed by atoms with Crippen LogP contribution in [0, 0.1) is 0 Å². The first-order chi connectivity index (χ1) is 6.13. The van der Waals surface area contributed by atoms with Crippen LogP contribution >= 0.6 is 11.8 Å². The van der Waals surface area contributed by atoms with E-state index in [1.54, 1.807) is 17.8 Å². The van der Waals surface area contributed by atoms with Crippen molar-refractivity contribution >= 4 is 17.8 Å². The maximum Gasteiger partial charge on any atom is 0.122 e. The fourth-order valence-electron chi connectivity index (χ4n) is 1.09. The normalized spacial score (nSPS) is 9.77. The molecule has 0 saturated heterocycles. The van der Waals surface area contributed by atoms with E-state index in [0.717, 1.165) is 5.56 Å². The lowest BCUT2D eigenvalue weighted by Crippen LogP contribution is -1.77. The summed E-state index contributed by atoms with van der Waals surface area (Å²) in [5, 5.41) is 9.53. The molecule has 1 aromatic carbocycles. The van der Waals surface area contributed by atoms with Gasteiger partial charge in [0, 0.05) is 10.5 Å². The maximum absolute atomic E-state index is 9.53. The second-order valence-corrected chi connectivity index (χ2v) is 4.03. The number of allylic oxidation sites excluding steroid dienone is 1. The van der Waals surface area contributed by atoms with E-state index >= 15 is 0 Å². The molecule has 1 N–H and O–H groups in total. The van der Waals surface area contributed by atoms with Crippen molar-refractivity contribution in [3.8, 4) is 5.75 Å². The first kappa shape index (κ1) is 10.2. The first-order valence-corrected chi connectivity index (χ1v) is 5.38. The van der Waals surface area contributed by atoms with Gasteiger partial charge in [-0.25, -0.2) is 0 Å². The highest BCUT2D eigenvalue weighted by Gasteiger charge is 1.98. The van der Waals surface area contributed by atoms with E-state index in [0.29, 0.717) is 5.75 Å². The molecule has 0 aliphatic rings. The predicted molar refractivity (Wildman–Crippen MR) is 59.2 cm³/mol. The zero-order valence-corrected chi connectivity index (χ0v) is 8.98. The second kappa shape index (κ2) is 4.38. The molecular formula is C11H14OS. The average molecular weight is 194 g/mol. The minimum atomic E-state index is 0.346. The molecule has 0 bridgehead atoms. The molecule has 1 aromatic rings. The van der Waals surface area contributed by atoms with Gasteiger partial charge in [0.2, 0.25) is 0 Å². The third kappa shape index (κ3) is 2.81. The minimum absolute atomic E-state index is 0.346. The summed E-state index contributed by atoms with van der Waals surface area (Å²) in [6, 6.07) is 5.65. The lowest BCUT2D eigenvalue weighted by molar-refractivity contribution is 0.473. The van der Waals surface area contributed by atoms with Gasteiger partial charge in [-0.05, 0) is 38.3 Å². The number of phenolic OH excluding ortho intramolecular Hbond substituents is 1. The van der Waals surface area contributed by atoms with Crippen molar-refractivity contribution in [1.82, 2.24) is 0 Å². The molecule has 0 unspecified atom stereocenters. The van der Waals surface area contributed by atoms with Gasteiger partial charge in [-0.15, -0.1) is 11.8 Å². The van der Waals surface area contributed by atoms with Crippen LogP contribution in [0.3, 0.4) is 0 Å². The Morgan fingerprint density at radius 2 is 2.08 bits per heavy atom. The molecule has 13 heavy (non-hydrogen) atoms. The van der Waals surface area contributed by atoms with Gasteiger partial charge in [0.25, 0.3) is 0 Å². The molecule has 1 rings (SSSR count). The van der Waals surface area contributed by atoms with Gasteiger partial charge in [-0.2, -0.15) is 0 Å². The molecule has 1 nitrogen and oxygen atoms in total. The van der Waals surface area contributed by atoms with Crippen LogP contribution in [0.4, 0.5) is 0 Å². The lowest BCUT2D eigenvalue weighted by Gasteiger charge is -2.02. The summed E-state index contributed by atoms with van der Waals surface area (Å²) in [5.74, 6) is 0.346. The van der Waals surface area contributed by atoms with Crippen molar-refractivity contribution in [3.63, 3.8) is 0 Å². The van der Waals surface area contributed by atoms with Gasteiger partial charge in [0.15, 0.2) is 0 Å². The number of rotatable bonds is 2. The molecule has 0 spiro atoms. The SMILES string of the molecule is CSc1ccc(O)c(C=C(C)C)c1. The molecule has 0 heterocycles. The van der Waals surface area contributed by atoms with Crippen molar-refractivity contribution in [3.05, 3.63) is 29.3 Å². The van der Waals surface area contributed by atoms with E-state index in [1.807, 2.05) is 38.3 Å². The fraction of sp³-hybridized carbons (Fsp3) is 0.273. The number of hydrogen-bond donors (Lipinski definition) is 1. The molecule has 0 amide bonds. The van der Waals surface area contributed by atoms with Crippen LogP contribution in [0.5, 0.6) is 5.75 Å². The molecular weight excluding hydrogens is 180 g/mol. The van der Waals surface area contributed by atoms with E-state index in [9.17, 15) is 5.11 Å². The average Bonchev–Trinajstić information content (AvgIpc) is 2.08. The van der Waals surface area contributed by atoms with Gasteiger partial charge in [-0.1, -0.05) is 11.6 Å². The van der Waals surface area contributed by atoms with Crippen LogP contribution in [-0.4, -0.2) is 11.4 Å². The zero-order valence-electron chi connectivity index (χ0n) is 8.16. The maximum atomic E-state index is 9.53. The van der Waals surface area contributed by atoms with Gasteiger partial charge >= 0.3 is 0 Å². The van der Waals surface area contributed by atoms with E-state index in [4.69, 9.17) is 0 Å². The number of aromatic hydroxyl groups is 1. The minimum Gasteiger partial charge on any atom is -0.507 e.